The van der Waals surface area contributed by atoms with Gasteiger partial charge in [0.15, 0.2) is 0 Å². The quantitative estimate of drug-likeness (QED) is 0.598. The molecular formula is C16H18N2O3. The number of nitrogen functional groups attached to an aromatic ring is 1. The molecule has 0 saturated carbocycles. The van der Waals surface area contributed by atoms with Gasteiger partial charge in [0.25, 0.3) is 5.91 Å². The fourth-order valence-electron chi connectivity index (χ4n) is 2.14. The van der Waals surface area contributed by atoms with Crippen molar-refractivity contribution in [3.63, 3.8) is 0 Å². The molecule has 21 heavy (non-hydrogen) atoms. The van der Waals surface area contributed by atoms with Crippen LogP contribution in [-0.2, 0) is 0 Å². The van der Waals surface area contributed by atoms with E-state index < -0.39 is 0 Å². The van der Waals surface area contributed by atoms with E-state index >= 15 is 0 Å². The zero-order chi connectivity index (χ0) is 15.6. The molecule has 2 aromatic rings. The normalized spacial score (nSPS) is 10.4. The predicted molar refractivity (Wildman–Crippen MR) is 82.7 cm³/mol. The highest BCUT2D eigenvalue weighted by Gasteiger charge is 2.19. The average molecular weight is 286 g/mol. The van der Waals surface area contributed by atoms with Crippen molar-refractivity contribution in [2.24, 2.45) is 0 Å². The molecule has 0 fully saturated rings. The van der Waals surface area contributed by atoms with Gasteiger partial charge in [-0.05, 0) is 43.7 Å². The van der Waals surface area contributed by atoms with E-state index in [9.17, 15) is 15.0 Å². The van der Waals surface area contributed by atoms with Gasteiger partial charge >= 0.3 is 0 Å². The SMILES string of the molecule is CCN(C(=O)c1ccc(N)c(O)c1)c1cc(O)ccc1C. The molecule has 2 aromatic carbocycles. The summed E-state index contributed by atoms with van der Waals surface area (Å²) in [6, 6.07) is 9.28. The van der Waals surface area contributed by atoms with Crippen molar-refractivity contribution in [2.45, 2.75) is 13.8 Å². The van der Waals surface area contributed by atoms with Crippen LogP contribution in [0, 0.1) is 6.92 Å². The number of nitrogens with two attached hydrogens (primary N) is 1. The van der Waals surface area contributed by atoms with Crippen LogP contribution in [0.4, 0.5) is 11.4 Å². The van der Waals surface area contributed by atoms with Crippen molar-refractivity contribution >= 4 is 17.3 Å². The summed E-state index contributed by atoms with van der Waals surface area (Å²) in [4.78, 5) is 14.1. The fraction of sp³-hybridized carbons (Fsp3) is 0.188. The third-order valence-corrected chi connectivity index (χ3v) is 3.32. The first-order valence-corrected chi connectivity index (χ1v) is 6.64. The van der Waals surface area contributed by atoms with Gasteiger partial charge in [0, 0.05) is 18.2 Å². The van der Waals surface area contributed by atoms with Crippen LogP contribution in [0.1, 0.15) is 22.8 Å². The van der Waals surface area contributed by atoms with Crippen molar-refractivity contribution in [3.05, 3.63) is 47.5 Å². The first-order chi connectivity index (χ1) is 9.93. The first kappa shape index (κ1) is 14.7. The average Bonchev–Trinajstić information content (AvgIpc) is 2.46. The number of anilines is 2. The lowest BCUT2D eigenvalue weighted by Gasteiger charge is -2.23. The standard InChI is InChI=1S/C16H18N2O3/c1-3-18(14-9-12(19)6-4-10(14)2)16(21)11-5-7-13(17)15(20)8-11/h4-9,19-20H,3,17H2,1-2H3. The molecule has 110 valence electrons. The molecule has 5 nitrogen and oxygen atoms in total. The Morgan fingerprint density at radius 1 is 1.19 bits per heavy atom. The van der Waals surface area contributed by atoms with Crippen LogP contribution in [0.25, 0.3) is 0 Å². The number of aryl methyl sites for hydroxylation is 1. The number of nitrogens with zero attached hydrogens (tertiary/aromatic N) is 1. The van der Waals surface area contributed by atoms with Gasteiger partial charge in [-0.15, -0.1) is 0 Å². The van der Waals surface area contributed by atoms with Crippen LogP contribution < -0.4 is 10.6 Å². The van der Waals surface area contributed by atoms with Gasteiger partial charge in [0.2, 0.25) is 0 Å². The lowest BCUT2D eigenvalue weighted by atomic mass is 10.1. The predicted octanol–water partition coefficient (Wildman–Crippen LogP) is 2.66. The van der Waals surface area contributed by atoms with Gasteiger partial charge in [-0.3, -0.25) is 4.79 Å². The summed E-state index contributed by atoms with van der Waals surface area (Å²) in [7, 11) is 0. The van der Waals surface area contributed by atoms with Crippen molar-refractivity contribution in [2.75, 3.05) is 17.2 Å². The fourth-order valence-corrected chi connectivity index (χ4v) is 2.14. The minimum Gasteiger partial charge on any atom is -0.508 e. The summed E-state index contributed by atoms with van der Waals surface area (Å²) in [6.07, 6.45) is 0. The van der Waals surface area contributed by atoms with Crippen molar-refractivity contribution in [1.29, 1.82) is 0 Å². The van der Waals surface area contributed by atoms with Gasteiger partial charge < -0.3 is 20.8 Å². The molecule has 0 unspecified atom stereocenters. The topological polar surface area (TPSA) is 86.8 Å². The molecule has 2 rings (SSSR count). The number of phenolic OH excluding ortho intramolecular Hbond substituents is 2. The molecule has 0 radical (unpaired) electrons. The highest BCUT2D eigenvalue weighted by molar-refractivity contribution is 6.07. The molecule has 0 aliphatic carbocycles. The number of hydrogen-bond donors (Lipinski definition) is 3. The number of carbonyl (C=O) groups is 1. The number of carbonyl (C=O) groups excluding carboxylic acids is 1. The third kappa shape index (κ3) is 2.91. The van der Waals surface area contributed by atoms with Crippen LogP contribution in [-0.4, -0.2) is 22.7 Å². The van der Waals surface area contributed by atoms with E-state index in [1.54, 1.807) is 29.2 Å². The number of hydrogen-bond acceptors (Lipinski definition) is 4. The van der Waals surface area contributed by atoms with E-state index in [4.69, 9.17) is 5.73 Å². The molecule has 4 N–H and O–H groups in total. The Hall–Kier alpha value is -2.69. The molecule has 0 spiro atoms. The second-order valence-corrected chi connectivity index (χ2v) is 4.79. The maximum atomic E-state index is 12.6. The Bertz CT molecular complexity index is 683. The molecule has 0 atom stereocenters. The number of rotatable bonds is 3. The van der Waals surface area contributed by atoms with Gasteiger partial charge in [-0.25, -0.2) is 0 Å². The molecule has 0 heterocycles. The van der Waals surface area contributed by atoms with E-state index in [-0.39, 0.29) is 23.1 Å². The van der Waals surface area contributed by atoms with Gasteiger partial charge in [-0.1, -0.05) is 6.07 Å². The molecule has 0 aromatic heterocycles. The number of aromatic hydroxyl groups is 2. The summed E-state index contributed by atoms with van der Waals surface area (Å²) < 4.78 is 0. The van der Waals surface area contributed by atoms with Crippen LogP contribution in [0.5, 0.6) is 11.5 Å². The maximum absolute atomic E-state index is 12.6. The maximum Gasteiger partial charge on any atom is 0.258 e. The van der Waals surface area contributed by atoms with Crippen molar-refractivity contribution in [1.82, 2.24) is 0 Å². The third-order valence-electron chi connectivity index (χ3n) is 3.32. The van der Waals surface area contributed by atoms with Crippen LogP contribution in [0.3, 0.4) is 0 Å². The second kappa shape index (κ2) is 5.75. The van der Waals surface area contributed by atoms with E-state index in [2.05, 4.69) is 0 Å². The molecule has 0 aliphatic heterocycles. The molecule has 0 bridgehead atoms. The molecule has 5 heteroatoms. The monoisotopic (exact) mass is 286 g/mol. The Kier molecular flexibility index (Phi) is 4.03. The smallest absolute Gasteiger partial charge is 0.258 e. The summed E-state index contributed by atoms with van der Waals surface area (Å²) in [5, 5.41) is 19.3. The molecular weight excluding hydrogens is 268 g/mol. The Balaban J connectivity index is 2.43. The van der Waals surface area contributed by atoms with Crippen LogP contribution in [0.15, 0.2) is 36.4 Å². The summed E-state index contributed by atoms with van der Waals surface area (Å²) in [6.45, 7) is 4.15. The Morgan fingerprint density at radius 2 is 1.90 bits per heavy atom. The van der Waals surface area contributed by atoms with Crippen LogP contribution in [0.2, 0.25) is 0 Å². The van der Waals surface area contributed by atoms with E-state index in [1.807, 2.05) is 13.8 Å². The first-order valence-electron chi connectivity index (χ1n) is 6.64. The van der Waals surface area contributed by atoms with E-state index in [0.717, 1.165) is 5.56 Å². The second-order valence-electron chi connectivity index (χ2n) is 4.79. The van der Waals surface area contributed by atoms with Gasteiger partial charge in [0.05, 0.1) is 11.4 Å². The van der Waals surface area contributed by atoms with Gasteiger partial charge in [0.1, 0.15) is 11.5 Å². The summed E-state index contributed by atoms with van der Waals surface area (Å²) in [5.41, 5.74) is 7.62. The highest BCUT2D eigenvalue weighted by atomic mass is 16.3. The van der Waals surface area contributed by atoms with E-state index in [0.29, 0.717) is 17.8 Å². The summed E-state index contributed by atoms with van der Waals surface area (Å²) in [5.74, 6) is -0.284. The number of phenols is 2. The lowest BCUT2D eigenvalue weighted by molar-refractivity contribution is 0.0988. The van der Waals surface area contributed by atoms with E-state index in [1.165, 1.54) is 12.1 Å². The zero-order valence-electron chi connectivity index (χ0n) is 12.0. The lowest BCUT2D eigenvalue weighted by Crippen LogP contribution is -2.31. The minimum absolute atomic E-state index is 0.0991. The molecule has 1 amide bonds. The van der Waals surface area contributed by atoms with Crippen LogP contribution >= 0.6 is 0 Å². The van der Waals surface area contributed by atoms with Crippen molar-refractivity contribution < 1.29 is 15.0 Å². The number of amides is 1. The van der Waals surface area contributed by atoms with Gasteiger partial charge in [-0.2, -0.15) is 0 Å². The van der Waals surface area contributed by atoms with Crippen molar-refractivity contribution in [3.8, 4) is 11.5 Å². The zero-order valence-corrected chi connectivity index (χ0v) is 12.0. The minimum atomic E-state index is -0.262. The Labute approximate surface area is 123 Å². The highest BCUT2D eigenvalue weighted by Crippen LogP contribution is 2.28. The molecule has 0 saturated heterocycles. The summed E-state index contributed by atoms with van der Waals surface area (Å²) >= 11 is 0. The number of benzene rings is 2. The molecule has 0 aliphatic rings. The Morgan fingerprint density at radius 3 is 2.52 bits per heavy atom. The largest absolute Gasteiger partial charge is 0.508 e.